The first-order chi connectivity index (χ1) is 6.79. The van der Waals surface area contributed by atoms with Crippen molar-refractivity contribution in [1.29, 1.82) is 0 Å². The van der Waals surface area contributed by atoms with E-state index in [9.17, 15) is 4.79 Å². The smallest absolute Gasteiger partial charge is 0.170 e. The molecule has 0 aromatic carbocycles. The Hall–Kier alpha value is -1.48. The van der Waals surface area contributed by atoms with E-state index in [4.69, 9.17) is 0 Å². The summed E-state index contributed by atoms with van der Waals surface area (Å²) in [6.07, 6.45) is 3.50. The normalized spacial score (nSPS) is 10.1. The zero-order chi connectivity index (χ0) is 9.97. The Bertz CT molecular complexity index is 447. The van der Waals surface area contributed by atoms with E-state index in [0.29, 0.717) is 0 Å². The van der Waals surface area contributed by atoms with E-state index in [-0.39, 0.29) is 5.78 Å². The first kappa shape index (κ1) is 9.09. The van der Waals surface area contributed by atoms with Crippen LogP contribution >= 0.6 is 11.3 Å². The lowest BCUT2D eigenvalue weighted by molar-refractivity contribution is 0.102. The molecule has 0 bridgehead atoms. The molecule has 0 radical (unpaired) electrons. The number of thiophene rings is 1. The van der Waals surface area contributed by atoms with Gasteiger partial charge in [0.15, 0.2) is 5.78 Å². The summed E-state index contributed by atoms with van der Waals surface area (Å²) < 4.78 is 0. The van der Waals surface area contributed by atoms with Crippen LogP contribution in [0.15, 0.2) is 36.0 Å². The predicted molar refractivity (Wildman–Crippen MR) is 57.6 cm³/mol. The summed E-state index contributed by atoms with van der Waals surface area (Å²) in [6.45, 7) is 1.59. The number of hydrogen-bond donors (Lipinski definition) is 0. The van der Waals surface area contributed by atoms with Crippen molar-refractivity contribution in [3.63, 3.8) is 0 Å². The monoisotopic (exact) mass is 203 g/mol. The van der Waals surface area contributed by atoms with Crippen LogP contribution in [0.2, 0.25) is 0 Å². The van der Waals surface area contributed by atoms with E-state index >= 15 is 0 Å². The average Bonchev–Trinajstić information content (AvgIpc) is 2.67. The summed E-state index contributed by atoms with van der Waals surface area (Å²) in [7, 11) is 0. The number of nitrogens with zero attached hydrogens (tertiary/aromatic N) is 1. The Morgan fingerprint density at radius 3 is 2.93 bits per heavy atom. The van der Waals surface area contributed by atoms with E-state index in [1.165, 1.54) is 11.3 Å². The molecule has 0 aliphatic heterocycles. The molecule has 14 heavy (non-hydrogen) atoms. The molecule has 0 saturated heterocycles. The first-order valence-electron chi connectivity index (χ1n) is 4.28. The molecule has 2 aromatic rings. The number of pyridine rings is 1. The van der Waals surface area contributed by atoms with Gasteiger partial charge in [-0.25, -0.2) is 0 Å². The highest BCUT2D eigenvalue weighted by Gasteiger charge is 2.09. The molecule has 0 fully saturated rings. The number of carbonyl (C=O) groups is 1. The van der Waals surface area contributed by atoms with Gasteiger partial charge in [-0.05, 0) is 24.4 Å². The molecule has 0 unspecified atom stereocenters. The molecule has 0 spiro atoms. The fourth-order valence-corrected chi connectivity index (χ4v) is 2.15. The van der Waals surface area contributed by atoms with Crippen molar-refractivity contribution in [1.82, 2.24) is 4.98 Å². The van der Waals surface area contributed by atoms with Gasteiger partial charge in [-0.1, -0.05) is 6.07 Å². The number of Topliss-reactive ketones (excluding diaryl/α,β-unsaturated/α-hetero) is 1. The van der Waals surface area contributed by atoms with Crippen molar-refractivity contribution in [2.45, 2.75) is 6.92 Å². The second-order valence-electron chi connectivity index (χ2n) is 2.96. The van der Waals surface area contributed by atoms with E-state index in [1.807, 2.05) is 23.6 Å². The van der Waals surface area contributed by atoms with Gasteiger partial charge in [0.1, 0.15) is 0 Å². The average molecular weight is 203 g/mol. The summed E-state index contributed by atoms with van der Waals surface area (Å²) in [5, 5.41) is 1.93. The minimum Gasteiger partial charge on any atom is -0.294 e. The fraction of sp³-hybridized carbons (Fsp3) is 0.0909. The highest BCUT2D eigenvalue weighted by molar-refractivity contribution is 7.12. The Morgan fingerprint density at radius 1 is 1.43 bits per heavy atom. The molecule has 0 amide bonds. The molecule has 0 atom stereocenters. The number of aromatic nitrogens is 1. The van der Waals surface area contributed by atoms with Crippen LogP contribution < -0.4 is 0 Å². The van der Waals surface area contributed by atoms with E-state index in [2.05, 4.69) is 4.98 Å². The fourth-order valence-electron chi connectivity index (χ4n) is 1.33. The van der Waals surface area contributed by atoms with Gasteiger partial charge in [0, 0.05) is 23.5 Å². The molecule has 0 aliphatic rings. The molecular formula is C11H9NOS. The third kappa shape index (κ3) is 1.59. The highest BCUT2D eigenvalue weighted by Crippen LogP contribution is 2.27. The van der Waals surface area contributed by atoms with Gasteiger partial charge in [0.25, 0.3) is 0 Å². The summed E-state index contributed by atoms with van der Waals surface area (Å²) in [4.78, 5) is 16.1. The van der Waals surface area contributed by atoms with Gasteiger partial charge in [-0.15, -0.1) is 11.3 Å². The van der Waals surface area contributed by atoms with Crippen LogP contribution in [0.1, 0.15) is 16.6 Å². The van der Waals surface area contributed by atoms with Gasteiger partial charge in [0.2, 0.25) is 0 Å². The number of hydrogen-bond acceptors (Lipinski definition) is 3. The SMILES string of the molecule is CC(=O)c1sccc1-c1cccnc1. The van der Waals surface area contributed by atoms with Crippen molar-refractivity contribution in [3.05, 3.63) is 40.8 Å². The standard InChI is InChI=1S/C11H9NOS/c1-8(13)11-10(4-6-14-11)9-3-2-5-12-7-9/h2-7H,1H3. The van der Waals surface area contributed by atoms with Crippen LogP contribution in [0.4, 0.5) is 0 Å². The maximum absolute atomic E-state index is 11.3. The third-order valence-corrected chi connectivity index (χ3v) is 2.97. The summed E-state index contributed by atoms with van der Waals surface area (Å²) in [6, 6.07) is 5.79. The second-order valence-corrected chi connectivity index (χ2v) is 3.88. The largest absolute Gasteiger partial charge is 0.294 e. The molecule has 0 saturated carbocycles. The van der Waals surface area contributed by atoms with Crippen LogP contribution in [0.3, 0.4) is 0 Å². The zero-order valence-corrected chi connectivity index (χ0v) is 8.54. The lowest BCUT2D eigenvalue weighted by atomic mass is 10.1. The molecule has 2 aromatic heterocycles. The molecule has 70 valence electrons. The van der Waals surface area contributed by atoms with Crippen LogP contribution in [-0.2, 0) is 0 Å². The highest BCUT2D eigenvalue weighted by atomic mass is 32.1. The van der Waals surface area contributed by atoms with E-state index in [0.717, 1.165) is 16.0 Å². The molecule has 2 rings (SSSR count). The molecular weight excluding hydrogens is 194 g/mol. The quantitative estimate of drug-likeness (QED) is 0.702. The van der Waals surface area contributed by atoms with E-state index in [1.54, 1.807) is 19.3 Å². The van der Waals surface area contributed by atoms with Crippen LogP contribution in [0.25, 0.3) is 11.1 Å². The lowest BCUT2D eigenvalue weighted by Gasteiger charge is -1.99. The minimum atomic E-state index is 0.110. The Morgan fingerprint density at radius 2 is 2.29 bits per heavy atom. The second kappa shape index (κ2) is 3.72. The van der Waals surface area contributed by atoms with Crippen LogP contribution in [0, 0.1) is 0 Å². The maximum Gasteiger partial charge on any atom is 0.170 e. The Balaban J connectivity index is 2.52. The van der Waals surface area contributed by atoms with Crippen molar-refractivity contribution < 1.29 is 4.79 Å². The topological polar surface area (TPSA) is 30.0 Å². The molecule has 2 heterocycles. The predicted octanol–water partition coefficient (Wildman–Crippen LogP) is 3.01. The maximum atomic E-state index is 11.3. The third-order valence-electron chi connectivity index (χ3n) is 1.96. The van der Waals surface area contributed by atoms with Crippen molar-refractivity contribution >= 4 is 17.1 Å². The first-order valence-corrected chi connectivity index (χ1v) is 5.16. The number of carbonyl (C=O) groups excluding carboxylic acids is 1. The van der Waals surface area contributed by atoms with Crippen LogP contribution in [0.5, 0.6) is 0 Å². The molecule has 0 aliphatic carbocycles. The summed E-state index contributed by atoms with van der Waals surface area (Å²) >= 11 is 1.48. The molecule has 3 heteroatoms. The van der Waals surface area contributed by atoms with Gasteiger partial charge in [-0.2, -0.15) is 0 Å². The van der Waals surface area contributed by atoms with E-state index < -0.39 is 0 Å². The molecule has 2 nitrogen and oxygen atoms in total. The van der Waals surface area contributed by atoms with Crippen molar-refractivity contribution in [3.8, 4) is 11.1 Å². The Kier molecular flexibility index (Phi) is 2.41. The summed E-state index contributed by atoms with van der Waals surface area (Å²) in [5.41, 5.74) is 1.98. The Labute approximate surface area is 86.2 Å². The van der Waals surface area contributed by atoms with Gasteiger partial charge in [-0.3, -0.25) is 9.78 Å². The minimum absolute atomic E-state index is 0.110. The summed E-state index contributed by atoms with van der Waals surface area (Å²) in [5.74, 6) is 0.110. The molecule has 0 N–H and O–H groups in total. The van der Waals surface area contributed by atoms with Gasteiger partial charge in [0.05, 0.1) is 4.88 Å². The van der Waals surface area contributed by atoms with Crippen LogP contribution in [-0.4, -0.2) is 10.8 Å². The van der Waals surface area contributed by atoms with Crippen molar-refractivity contribution in [2.75, 3.05) is 0 Å². The van der Waals surface area contributed by atoms with Gasteiger partial charge < -0.3 is 0 Å². The van der Waals surface area contributed by atoms with Crippen molar-refractivity contribution in [2.24, 2.45) is 0 Å². The zero-order valence-electron chi connectivity index (χ0n) is 7.73. The number of ketones is 1. The number of rotatable bonds is 2. The van der Waals surface area contributed by atoms with Gasteiger partial charge >= 0.3 is 0 Å². The lowest BCUT2D eigenvalue weighted by Crippen LogP contribution is -1.90.